The van der Waals surface area contributed by atoms with Crippen molar-refractivity contribution in [3.63, 3.8) is 0 Å². The fourth-order valence-corrected chi connectivity index (χ4v) is 2.36. The highest BCUT2D eigenvalue weighted by Crippen LogP contribution is 2.34. The van der Waals surface area contributed by atoms with Crippen LogP contribution in [0, 0.1) is 0 Å². The Labute approximate surface area is 99.0 Å². The molecule has 0 aromatic heterocycles. The normalized spacial score (nSPS) is 25.9. The molecule has 1 aliphatic heterocycles. The van der Waals surface area contributed by atoms with Crippen LogP contribution in [0.5, 0.6) is 0 Å². The van der Waals surface area contributed by atoms with Crippen molar-refractivity contribution >= 4 is 0 Å². The van der Waals surface area contributed by atoms with Gasteiger partial charge < -0.3 is 5.32 Å². The van der Waals surface area contributed by atoms with Gasteiger partial charge in [-0.2, -0.15) is 13.2 Å². The lowest BCUT2D eigenvalue weighted by molar-refractivity contribution is -0.137. The van der Waals surface area contributed by atoms with E-state index in [0.717, 1.165) is 31.5 Å². The van der Waals surface area contributed by atoms with Gasteiger partial charge in [0.25, 0.3) is 0 Å². The first-order valence-corrected chi connectivity index (χ1v) is 5.80. The van der Waals surface area contributed by atoms with Gasteiger partial charge in [-0.05, 0) is 37.1 Å². The molecule has 0 amide bonds. The van der Waals surface area contributed by atoms with Gasteiger partial charge in [0, 0.05) is 12.0 Å². The molecule has 0 radical (unpaired) electrons. The predicted molar refractivity (Wildman–Crippen MR) is 60.9 cm³/mol. The molecule has 1 aromatic carbocycles. The average Bonchev–Trinajstić information content (AvgIpc) is 2.29. The highest BCUT2D eigenvalue weighted by molar-refractivity contribution is 5.30. The van der Waals surface area contributed by atoms with Crippen molar-refractivity contribution in [1.82, 2.24) is 5.32 Å². The van der Waals surface area contributed by atoms with Gasteiger partial charge in [0.15, 0.2) is 0 Å². The fraction of sp³-hybridized carbons (Fsp3) is 0.538. The molecule has 1 nitrogen and oxygen atoms in total. The molecular formula is C13H16F3N. The van der Waals surface area contributed by atoms with Crippen LogP contribution in [0.2, 0.25) is 0 Å². The zero-order chi connectivity index (χ0) is 12.5. The van der Waals surface area contributed by atoms with E-state index in [1.165, 1.54) is 12.1 Å². The number of halogens is 3. The van der Waals surface area contributed by atoms with E-state index in [9.17, 15) is 13.2 Å². The van der Waals surface area contributed by atoms with Crippen molar-refractivity contribution in [1.29, 1.82) is 0 Å². The van der Waals surface area contributed by atoms with Crippen LogP contribution in [0.1, 0.15) is 30.9 Å². The number of hydrogen-bond donors (Lipinski definition) is 1. The van der Waals surface area contributed by atoms with Crippen LogP contribution in [0.4, 0.5) is 13.2 Å². The van der Waals surface area contributed by atoms with Gasteiger partial charge in [-0.25, -0.2) is 0 Å². The SMILES string of the molecule is CC1(c2ccc(C(F)(F)F)cc2)CCCNC1. The number of benzene rings is 1. The molecule has 1 unspecified atom stereocenters. The van der Waals surface area contributed by atoms with Gasteiger partial charge >= 0.3 is 6.18 Å². The van der Waals surface area contributed by atoms with Gasteiger partial charge in [-0.15, -0.1) is 0 Å². The Morgan fingerprint density at radius 3 is 2.29 bits per heavy atom. The van der Waals surface area contributed by atoms with E-state index in [1.807, 2.05) is 0 Å². The lowest BCUT2D eigenvalue weighted by atomic mass is 9.76. The van der Waals surface area contributed by atoms with Crippen LogP contribution in [-0.4, -0.2) is 13.1 Å². The number of alkyl halides is 3. The Kier molecular flexibility index (Phi) is 3.17. The number of rotatable bonds is 1. The second kappa shape index (κ2) is 4.33. The first-order chi connectivity index (χ1) is 7.92. The number of hydrogen-bond acceptors (Lipinski definition) is 1. The van der Waals surface area contributed by atoms with E-state index >= 15 is 0 Å². The summed E-state index contributed by atoms with van der Waals surface area (Å²) >= 11 is 0. The molecule has 0 bridgehead atoms. The Bertz CT molecular complexity index is 375. The molecule has 1 saturated heterocycles. The summed E-state index contributed by atoms with van der Waals surface area (Å²) in [4.78, 5) is 0. The summed E-state index contributed by atoms with van der Waals surface area (Å²) in [6, 6.07) is 5.57. The van der Waals surface area contributed by atoms with E-state index in [-0.39, 0.29) is 5.41 Å². The molecule has 0 saturated carbocycles. The van der Waals surface area contributed by atoms with Crippen LogP contribution >= 0.6 is 0 Å². The summed E-state index contributed by atoms with van der Waals surface area (Å²) in [5.74, 6) is 0. The fourth-order valence-electron chi connectivity index (χ4n) is 2.36. The molecule has 17 heavy (non-hydrogen) atoms. The highest BCUT2D eigenvalue weighted by Gasteiger charge is 2.32. The van der Waals surface area contributed by atoms with Crippen molar-refractivity contribution in [2.75, 3.05) is 13.1 Å². The maximum Gasteiger partial charge on any atom is 0.416 e. The Hall–Kier alpha value is -1.03. The topological polar surface area (TPSA) is 12.0 Å². The monoisotopic (exact) mass is 243 g/mol. The highest BCUT2D eigenvalue weighted by atomic mass is 19.4. The molecule has 1 atom stereocenters. The van der Waals surface area contributed by atoms with Crippen molar-refractivity contribution < 1.29 is 13.2 Å². The molecule has 2 rings (SSSR count). The predicted octanol–water partition coefficient (Wildman–Crippen LogP) is 3.35. The zero-order valence-electron chi connectivity index (χ0n) is 9.77. The third-order valence-electron chi connectivity index (χ3n) is 3.51. The average molecular weight is 243 g/mol. The van der Waals surface area contributed by atoms with E-state index in [4.69, 9.17) is 0 Å². The third kappa shape index (κ3) is 2.63. The summed E-state index contributed by atoms with van der Waals surface area (Å²) in [6.45, 7) is 3.93. The first-order valence-electron chi connectivity index (χ1n) is 5.80. The third-order valence-corrected chi connectivity index (χ3v) is 3.51. The van der Waals surface area contributed by atoms with E-state index in [0.29, 0.717) is 0 Å². The largest absolute Gasteiger partial charge is 0.416 e. The van der Waals surface area contributed by atoms with Gasteiger partial charge in [0.05, 0.1) is 5.56 Å². The second-order valence-electron chi connectivity index (χ2n) is 4.92. The first kappa shape index (κ1) is 12.4. The minimum atomic E-state index is -4.25. The molecule has 1 aromatic rings. The minimum absolute atomic E-state index is 0.0393. The van der Waals surface area contributed by atoms with Crippen molar-refractivity contribution in [3.8, 4) is 0 Å². The van der Waals surface area contributed by atoms with Gasteiger partial charge in [0.1, 0.15) is 0 Å². The summed E-state index contributed by atoms with van der Waals surface area (Å²) in [7, 11) is 0. The van der Waals surface area contributed by atoms with Crippen LogP contribution in [0.15, 0.2) is 24.3 Å². The Balaban J connectivity index is 2.23. The van der Waals surface area contributed by atoms with E-state index in [1.54, 1.807) is 12.1 Å². The maximum absolute atomic E-state index is 12.4. The van der Waals surface area contributed by atoms with Crippen molar-refractivity contribution in [2.45, 2.75) is 31.4 Å². The smallest absolute Gasteiger partial charge is 0.316 e. The molecule has 4 heteroatoms. The molecule has 1 N–H and O–H groups in total. The lowest BCUT2D eigenvalue weighted by Crippen LogP contribution is -2.41. The summed E-state index contributed by atoms with van der Waals surface area (Å²) < 4.78 is 37.3. The maximum atomic E-state index is 12.4. The second-order valence-corrected chi connectivity index (χ2v) is 4.92. The molecule has 94 valence electrons. The molecule has 1 aliphatic rings. The van der Waals surface area contributed by atoms with Gasteiger partial charge in [-0.3, -0.25) is 0 Å². The van der Waals surface area contributed by atoms with Crippen LogP contribution in [0.3, 0.4) is 0 Å². The van der Waals surface area contributed by atoms with E-state index in [2.05, 4.69) is 12.2 Å². The molecule has 0 spiro atoms. The summed E-state index contributed by atoms with van der Waals surface area (Å²) in [5.41, 5.74) is 0.369. The van der Waals surface area contributed by atoms with Crippen LogP contribution < -0.4 is 5.32 Å². The van der Waals surface area contributed by atoms with Gasteiger partial charge in [-0.1, -0.05) is 19.1 Å². The number of piperidine rings is 1. The summed E-state index contributed by atoms with van der Waals surface area (Å²) in [5, 5.41) is 3.30. The standard InChI is InChI=1S/C13H16F3N/c1-12(7-2-8-17-9-12)10-3-5-11(6-4-10)13(14,15)16/h3-6,17H,2,7-9H2,1H3. The van der Waals surface area contributed by atoms with Crippen molar-refractivity contribution in [3.05, 3.63) is 35.4 Å². The Morgan fingerprint density at radius 2 is 1.82 bits per heavy atom. The lowest BCUT2D eigenvalue weighted by Gasteiger charge is -2.34. The van der Waals surface area contributed by atoms with Crippen LogP contribution in [0.25, 0.3) is 0 Å². The summed E-state index contributed by atoms with van der Waals surface area (Å²) in [6.07, 6.45) is -2.16. The number of nitrogens with one attached hydrogen (secondary N) is 1. The van der Waals surface area contributed by atoms with E-state index < -0.39 is 11.7 Å². The minimum Gasteiger partial charge on any atom is -0.316 e. The zero-order valence-corrected chi connectivity index (χ0v) is 9.77. The van der Waals surface area contributed by atoms with Crippen LogP contribution in [-0.2, 0) is 11.6 Å². The molecule has 1 fully saturated rings. The van der Waals surface area contributed by atoms with Crippen molar-refractivity contribution in [2.24, 2.45) is 0 Å². The molecule has 1 heterocycles. The quantitative estimate of drug-likeness (QED) is 0.797. The molecular weight excluding hydrogens is 227 g/mol. The van der Waals surface area contributed by atoms with Gasteiger partial charge in [0.2, 0.25) is 0 Å². The molecule has 0 aliphatic carbocycles. The Morgan fingerprint density at radius 1 is 1.18 bits per heavy atom.